The van der Waals surface area contributed by atoms with Gasteiger partial charge in [0.15, 0.2) is 0 Å². The average Bonchev–Trinajstić information content (AvgIpc) is 2.91. The molecule has 1 aromatic heterocycles. The molecule has 2 amide bonds. The van der Waals surface area contributed by atoms with Crippen molar-refractivity contribution in [2.75, 3.05) is 13.1 Å². The van der Waals surface area contributed by atoms with Gasteiger partial charge >= 0.3 is 0 Å². The number of rotatable bonds is 4. The van der Waals surface area contributed by atoms with Gasteiger partial charge in [-0.1, -0.05) is 11.6 Å². The van der Waals surface area contributed by atoms with Crippen LogP contribution in [0.2, 0.25) is 5.02 Å². The average molecular weight is 348 g/mol. The summed E-state index contributed by atoms with van der Waals surface area (Å²) in [6.45, 7) is 3.03. The predicted octanol–water partition coefficient (Wildman–Crippen LogP) is 1.92. The van der Waals surface area contributed by atoms with Crippen LogP contribution in [0.15, 0.2) is 29.1 Å². The summed E-state index contributed by atoms with van der Waals surface area (Å²) in [6.07, 6.45) is 1.43. The zero-order chi connectivity index (χ0) is 17.3. The molecule has 7 heteroatoms. The molecule has 6 nitrogen and oxygen atoms in total. The maximum Gasteiger partial charge on any atom is 0.252 e. The van der Waals surface area contributed by atoms with E-state index in [1.807, 2.05) is 6.92 Å². The number of amides is 2. The fraction of sp³-hybridized carbons (Fsp3) is 0.353. The van der Waals surface area contributed by atoms with E-state index < -0.39 is 0 Å². The lowest BCUT2D eigenvalue weighted by atomic mass is 10.1. The van der Waals surface area contributed by atoms with Gasteiger partial charge < -0.3 is 15.2 Å². The number of hydrogen-bond donors (Lipinski definition) is 2. The van der Waals surface area contributed by atoms with Crippen LogP contribution in [-0.4, -0.2) is 40.8 Å². The zero-order valence-electron chi connectivity index (χ0n) is 13.3. The van der Waals surface area contributed by atoms with Crippen LogP contribution in [-0.2, 0) is 4.79 Å². The predicted molar refractivity (Wildman–Crippen MR) is 92.3 cm³/mol. The number of halogens is 1. The summed E-state index contributed by atoms with van der Waals surface area (Å²) >= 11 is 6.00. The molecule has 0 radical (unpaired) electrons. The highest BCUT2D eigenvalue weighted by atomic mass is 35.5. The number of hydrogen-bond acceptors (Lipinski definition) is 3. The Morgan fingerprint density at radius 1 is 1.38 bits per heavy atom. The number of fused-ring (bicyclic) bond motifs is 1. The summed E-state index contributed by atoms with van der Waals surface area (Å²) in [6, 6.07) is 6.02. The van der Waals surface area contributed by atoms with E-state index in [2.05, 4.69) is 10.3 Å². The Morgan fingerprint density at radius 2 is 2.17 bits per heavy atom. The molecule has 2 N–H and O–H groups in total. The van der Waals surface area contributed by atoms with Crippen LogP contribution in [0.3, 0.4) is 0 Å². The number of nitrogens with zero attached hydrogens (tertiary/aromatic N) is 1. The van der Waals surface area contributed by atoms with Crippen molar-refractivity contribution in [3.63, 3.8) is 0 Å². The van der Waals surface area contributed by atoms with Crippen molar-refractivity contribution in [3.8, 4) is 0 Å². The van der Waals surface area contributed by atoms with Gasteiger partial charge in [0.2, 0.25) is 11.5 Å². The summed E-state index contributed by atoms with van der Waals surface area (Å²) in [7, 11) is 0. The van der Waals surface area contributed by atoms with Gasteiger partial charge in [0, 0.05) is 47.5 Å². The van der Waals surface area contributed by atoms with Crippen molar-refractivity contribution in [2.45, 2.75) is 25.8 Å². The number of benzene rings is 1. The Hall–Kier alpha value is -2.34. The number of carbonyl (C=O) groups is 2. The molecule has 126 valence electrons. The molecule has 1 aliphatic heterocycles. The summed E-state index contributed by atoms with van der Waals surface area (Å²) in [5.41, 5.74) is 0.479. The Bertz CT molecular complexity index is 862. The molecule has 2 heterocycles. The first-order valence-electron chi connectivity index (χ1n) is 7.85. The molecule has 0 saturated carbocycles. The molecule has 0 unspecified atom stereocenters. The smallest absolute Gasteiger partial charge is 0.252 e. The first kappa shape index (κ1) is 16.5. The van der Waals surface area contributed by atoms with E-state index in [0.717, 1.165) is 13.0 Å². The van der Waals surface area contributed by atoms with Crippen LogP contribution < -0.4 is 10.9 Å². The van der Waals surface area contributed by atoms with Gasteiger partial charge in [-0.15, -0.1) is 0 Å². The molecule has 2 aromatic rings. The Balaban J connectivity index is 1.82. The maximum absolute atomic E-state index is 12.6. The lowest BCUT2D eigenvalue weighted by Crippen LogP contribution is -2.42. The third-order valence-electron chi connectivity index (χ3n) is 4.09. The monoisotopic (exact) mass is 347 g/mol. The van der Waals surface area contributed by atoms with Crippen LogP contribution in [0.5, 0.6) is 0 Å². The van der Waals surface area contributed by atoms with Crippen LogP contribution in [0, 0.1) is 0 Å². The van der Waals surface area contributed by atoms with E-state index in [1.54, 1.807) is 23.1 Å². The van der Waals surface area contributed by atoms with Gasteiger partial charge in [0.05, 0.1) is 5.56 Å². The van der Waals surface area contributed by atoms with Crippen molar-refractivity contribution in [3.05, 3.63) is 45.2 Å². The molecule has 1 aromatic carbocycles. The highest BCUT2D eigenvalue weighted by Crippen LogP contribution is 2.20. The minimum Gasteiger partial charge on any atom is -0.348 e. The number of aromatic amines is 1. The van der Waals surface area contributed by atoms with E-state index in [9.17, 15) is 14.4 Å². The van der Waals surface area contributed by atoms with E-state index in [4.69, 9.17) is 11.6 Å². The summed E-state index contributed by atoms with van der Waals surface area (Å²) < 4.78 is 0. The first-order chi connectivity index (χ1) is 11.4. The SMILES string of the molecule is C[C@@H](CN1CCCC1=O)NC(=O)c1cc(=O)[nH]c2ccc(Cl)cc12. The molecule has 24 heavy (non-hydrogen) atoms. The standard InChI is InChI=1S/C17H18ClN3O3/c1-10(9-21-6-2-3-16(21)23)19-17(24)13-8-15(22)20-14-5-4-11(18)7-12(13)14/h4-5,7-8,10H,2-3,6,9H2,1H3,(H,19,24)(H,20,22)/t10-/m0/s1. The number of H-pyrrole nitrogens is 1. The Morgan fingerprint density at radius 3 is 2.88 bits per heavy atom. The van der Waals surface area contributed by atoms with Gasteiger partial charge in [0.25, 0.3) is 5.91 Å². The minimum atomic E-state index is -0.354. The van der Waals surface area contributed by atoms with Crippen LogP contribution in [0.1, 0.15) is 30.1 Å². The third kappa shape index (κ3) is 3.43. The Labute approximate surface area is 143 Å². The molecule has 0 spiro atoms. The molecular formula is C17H18ClN3O3. The number of nitrogens with one attached hydrogen (secondary N) is 2. The summed E-state index contributed by atoms with van der Waals surface area (Å²) in [5.74, 6) is -0.239. The summed E-state index contributed by atoms with van der Waals surface area (Å²) in [5, 5.41) is 3.93. The fourth-order valence-electron chi connectivity index (χ4n) is 2.99. The number of aromatic nitrogens is 1. The normalized spacial score (nSPS) is 15.8. The number of pyridine rings is 1. The highest BCUT2D eigenvalue weighted by molar-refractivity contribution is 6.31. The second-order valence-corrected chi connectivity index (χ2v) is 6.49. The first-order valence-corrected chi connectivity index (χ1v) is 8.23. The molecule has 1 atom stereocenters. The number of likely N-dealkylation sites (tertiary alicyclic amines) is 1. The van der Waals surface area contributed by atoms with Crippen LogP contribution in [0.4, 0.5) is 0 Å². The van der Waals surface area contributed by atoms with E-state index in [0.29, 0.717) is 28.9 Å². The zero-order valence-corrected chi connectivity index (χ0v) is 14.0. The van der Waals surface area contributed by atoms with Gasteiger partial charge in [0.1, 0.15) is 0 Å². The van der Waals surface area contributed by atoms with E-state index in [-0.39, 0.29) is 29.0 Å². The molecule has 3 rings (SSSR count). The van der Waals surface area contributed by atoms with Crippen molar-refractivity contribution in [2.24, 2.45) is 0 Å². The molecule has 1 saturated heterocycles. The van der Waals surface area contributed by atoms with Crippen molar-refractivity contribution >= 4 is 34.3 Å². The van der Waals surface area contributed by atoms with Crippen molar-refractivity contribution in [1.82, 2.24) is 15.2 Å². The van der Waals surface area contributed by atoms with Crippen LogP contribution in [0.25, 0.3) is 10.9 Å². The second-order valence-electron chi connectivity index (χ2n) is 6.05. The van der Waals surface area contributed by atoms with Gasteiger partial charge in [-0.3, -0.25) is 14.4 Å². The van der Waals surface area contributed by atoms with Crippen molar-refractivity contribution < 1.29 is 9.59 Å². The highest BCUT2D eigenvalue weighted by Gasteiger charge is 2.23. The lowest BCUT2D eigenvalue weighted by molar-refractivity contribution is -0.127. The molecule has 0 bridgehead atoms. The van der Waals surface area contributed by atoms with Gasteiger partial charge in [-0.25, -0.2) is 0 Å². The Kier molecular flexibility index (Phi) is 4.57. The quantitative estimate of drug-likeness (QED) is 0.886. The van der Waals surface area contributed by atoms with Crippen molar-refractivity contribution in [1.29, 1.82) is 0 Å². The van der Waals surface area contributed by atoms with E-state index >= 15 is 0 Å². The molecular weight excluding hydrogens is 330 g/mol. The lowest BCUT2D eigenvalue weighted by Gasteiger charge is -2.22. The molecule has 1 aliphatic rings. The second kappa shape index (κ2) is 6.65. The topological polar surface area (TPSA) is 82.3 Å². The van der Waals surface area contributed by atoms with Crippen LogP contribution >= 0.6 is 11.6 Å². The molecule has 0 aliphatic carbocycles. The number of carbonyl (C=O) groups excluding carboxylic acids is 2. The van der Waals surface area contributed by atoms with E-state index in [1.165, 1.54) is 6.07 Å². The maximum atomic E-state index is 12.6. The largest absolute Gasteiger partial charge is 0.348 e. The van der Waals surface area contributed by atoms with Gasteiger partial charge in [-0.05, 0) is 31.5 Å². The molecule has 1 fully saturated rings. The van der Waals surface area contributed by atoms with Gasteiger partial charge in [-0.2, -0.15) is 0 Å². The third-order valence-corrected chi connectivity index (χ3v) is 4.33. The fourth-order valence-corrected chi connectivity index (χ4v) is 3.16. The minimum absolute atomic E-state index is 0.115. The summed E-state index contributed by atoms with van der Waals surface area (Å²) in [4.78, 5) is 40.5.